The monoisotopic (exact) mass is 787 g/mol. The van der Waals surface area contributed by atoms with E-state index >= 15 is 0 Å². The zero-order valence-corrected chi connectivity index (χ0v) is 28.3. The number of ether oxygens (including phenoxy) is 2. The van der Waals surface area contributed by atoms with Crippen LogP contribution in [0.2, 0.25) is 0 Å². The number of nitrogens with two attached hydrogens (primary N) is 2. The molecule has 0 aromatic carbocycles. The zero-order valence-electron chi connectivity index (χ0n) is 25.6. The summed E-state index contributed by atoms with van der Waals surface area (Å²) in [6.45, 7) is -2.10. The van der Waals surface area contributed by atoms with Gasteiger partial charge in [0.15, 0.2) is 24.0 Å². The second-order valence-electron chi connectivity index (χ2n) is 11.1. The minimum absolute atomic E-state index is 0.00946. The summed E-state index contributed by atoms with van der Waals surface area (Å²) in [5, 5.41) is 42.0. The number of hydrogen-bond acceptors (Lipinski definition) is 20. The van der Waals surface area contributed by atoms with E-state index < -0.39 is 91.3 Å². The normalized spacial score (nSPS) is 30.4. The highest BCUT2D eigenvalue weighted by Crippen LogP contribution is 2.67. The smallest absolute Gasteiger partial charge is 0.387 e. The Kier molecular flexibility index (Phi) is 9.96. The van der Waals surface area contributed by atoms with Gasteiger partial charge in [0.05, 0.1) is 26.6 Å². The molecule has 0 bridgehead atoms. The van der Waals surface area contributed by atoms with Crippen molar-refractivity contribution in [3.05, 3.63) is 29.3 Å². The average molecular weight is 787 g/mol. The first-order valence-corrected chi connectivity index (χ1v) is 18.7. The number of nitrogen functional groups attached to an aromatic ring is 2. The third-order valence-corrected chi connectivity index (χ3v) is 11.9. The van der Waals surface area contributed by atoms with Gasteiger partial charge in [0.1, 0.15) is 48.5 Å². The van der Waals surface area contributed by atoms with Crippen LogP contribution >= 0.6 is 23.5 Å². The molecule has 30 heteroatoms. The molecule has 0 aliphatic carbocycles. The maximum Gasteiger partial charge on any atom is 0.490 e. The number of fused-ring (bicyclic) bond motifs is 2. The van der Waals surface area contributed by atoms with Crippen LogP contribution in [0.15, 0.2) is 23.8 Å². The third-order valence-electron chi connectivity index (χ3n) is 7.62. The number of rotatable bonds is 12. The van der Waals surface area contributed by atoms with Crippen LogP contribution in [-0.2, 0) is 47.9 Å². The van der Waals surface area contributed by atoms with Crippen molar-refractivity contribution >= 4 is 57.6 Å². The van der Waals surface area contributed by atoms with Gasteiger partial charge in [-0.1, -0.05) is 4.98 Å². The van der Waals surface area contributed by atoms with E-state index in [0.29, 0.717) is 0 Å². The van der Waals surface area contributed by atoms with Gasteiger partial charge in [0.2, 0.25) is 11.7 Å². The van der Waals surface area contributed by atoms with E-state index in [9.17, 15) is 53.6 Å². The standard InChI is InChI=1S/C21H29N10O17P3/c1-29-6-31(17-10(29)18(36)28-21(23)27-17)20-14(35)12(33)8(46-20)3-44-50(39,40)48-51(41,42)47-49(37,38)43-2-7-11(32)13(34)19(45-7)30-5-26-9-15(22)24-4-25-16(9)30/h4-8,11-14,19-20,32-35H,2-3H2,1H3,(H7-,22,23,24,25,27,28,36,37,38,39,40,41,42)/p+1/t7-,8-,11?,12+,13+,14?,19-,20-/m1/s1. The SMILES string of the molecule is Cn1c[n+]([C@@H]2O[C@H](COP(=O)(O)OP(=O)(O)OP(=O)(O)OC[C@H]3O[C@@H](n4cnc5c(N)ncnc54)[C@@H](O)C3O)[C@H](O)C2O)c2nc(N)[nH]c(=O)c21. The van der Waals surface area contributed by atoms with Crippen LogP contribution in [0.4, 0.5) is 11.8 Å². The van der Waals surface area contributed by atoms with Crippen LogP contribution in [0.3, 0.4) is 0 Å². The Balaban J connectivity index is 1.04. The van der Waals surface area contributed by atoms with Crippen molar-refractivity contribution in [2.75, 3.05) is 24.7 Å². The number of aryl methyl sites for hydroxylation is 1. The number of nitrogens with one attached hydrogen (secondary N) is 1. The van der Waals surface area contributed by atoms with Gasteiger partial charge >= 0.3 is 29.1 Å². The molecule has 6 heterocycles. The number of aliphatic hydroxyl groups is 4. The van der Waals surface area contributed by atoms with Crippen molar-refractivity contribution in [1.29, 1.82) is 0 Å². The summed E-state index contributed by atoms with van der Waals surface area (Å²) >= 11 is 0. The summed E-state index contributed by atoms with van der Waals surface area (Å²) in [4.78, 5) is 60.4. The van der Waals surface area contributed by atoms with Gasteiger partial charge in [0, 0.05) is 0 Å². The molecule has 51 heavy (non-hydrogen) atoms. The van der Waals surface area contributed by atoms with Crippen molar-refractivity contribution in [2.24, 2.45) is 7.05 Å². The number of phosphoric ester groups is 2. The van der Waals surface area contributed by atoms with Gasteiger partial charge in [-0.15, -0.1) is 0 Å². The molecule has 2 fully saturated rings. The van der Waals surface area contributed by atoms with Crippen LogP contribution in [-0.4, -0.2) is 119 Å². The molecule has 11 atom stereocenters. The molecule has 4 aromatic heterocycles. The van der Waals surface area contributed by atoms with E-state index in [0.717, 1.165) is 10.9 Å². The van der Waals surface area contributed by atoms with Crippen molar-refractivity contribution in [1.82, 2.24) is 34.1 Å². The molecule has 2 saturated heterocycles. The zero-order chi connectivity index (χ0) is 37.2. The van der Waals surface area contributed by atoms with Crippen LogP contribution in [0, 0.1) is 0 Å². The van der Waals surface area contributed by atoms with E-state index in [4.69, 9.17) is 20.9 Å². The number of nitrogens with zero attached hydrogens (tertiary/aromatic N) is 7. The Morgan fingerprint density at radius 1 is 0.902 bits per heavy atom. The number of imidazole rings is 2. The molecular formula is C21H30N10O17P3+. The summed E-state index contributed by atoms with van der Waals surface area (Å²) in [6.07, 6.45) is -9.32. The lowest BCUT2D eigenvalue weighted by Crippen LogP contribution is -2.46. The molecule has 0 saturated carbocycles. The molecule has 2 aliphatic rings. The summed E-state index contributed by atoms with van der Waals surface area (Å²) in [5.74, 6) is -0.263. The molecule has 12 N–H and O–H groups in total. The Morgan fingerprint density at radius 2 is 1.51 bits per heavy atom. The van der Waals surface area contributed by atoms with E-state index in [1.807, 2.05) is 0 Å². The van der Waals surface area contributed by atoms with E-state index in [-0.39, 0.29) is 34.1 Å². The summed E-state index contributed by atoms with van der Waals surface area (Å²) in [6, 6.07) is 0. The highest BCUT2D eigenvalue weighted by molar-refractivity contribution is 7.66. The lowest BCUT2D eigenvalue weighted by atomic mass is 10.1. The van der Waals surface area contributed by atoms with Gasteiger partial charge in [-0.3, -0.25) is 28.0 Å². The van der Waals surface area contributed by atoms with Gasteiger partial charge in [-0.25, -0.2) is 33.2 Å². The first-order chi connectivity index (χ1) is 23.8. The van der Waals surface area contributed by atoms with E-state index in [1.54, 1.807) is 0 Å². The fourth-order valence-corrected chi connectivity index (χ4v) is 8.88. The van der Waals surface area contributed by atoms with Crippen LogP contribution in [0.25, 0.3) is 22.3 Å². The molecule has 0 radical (unpaired) electrons. The van der Waals surface area contributed by atoms with Crippen molar-refractivity contribution < 1.29 is 80.5 Å². The van der Waals surface area contributed by atoms with Crippen molar-refractivity contribution in [3.8, 4) is 0 Å². The molecule has 0 spiro atoms. The number of aromatic nitrogens is 8. The molecular weight excluding hydrogens is 757 g/mol. The molecule has 0 amide bonds. The predicted molar refractivity (Wildman–Crippen MR) is 161 cm³/mol. The number of aromatic amines is 1. The summed E-state index contributed by atoms with van der Waals surface area (Å²) in [7, 11) is -15.8. The Hall–Kier alpha value is -3.33. The van der Waals surface area contributed by atoms with Gasteiger partial charge in [0.25, 0.3) is 11.5 Å². The first kappa shape index (κ1) is 37.4. The van der Waals surface area contributed by atoms with Gasteiger partial charge in [-0.2, -0.15) is 8.62 Å². The highest BCUT2D eigenvalue weighted by atomic mass is 31.3. The van der Waals surface area contributed by atoms with Crippen LogP contribution in [0.5, 0.6) is 0 Å². The maximum absolute atomic E-state index is 12.5. The Morgan fingerprint density at radius 3 is 2.16 bits per heavy atom. The predicted octanol–water partition coefficient (Wildman–Crippen LogP) is -3.84. The van der Waals surface area contributed by atoms with E-state index in [2.05, 4.69) is 42.6 Å². The summed E-state index contributed by atoms with van der Waals surface area (Å²) in [5.41, 5.74) is 10.9. The second kappa shape index (κ2) is 13.6. The summed E-state index contributed by atoms with van der Waals surface area (Å²) < 4.78 is 69.4. The van der Waals surface area contributed by atoms with Crippen molar-refractivity contribution in [2.45, 2.75) is 49.1 Å². The number of aliphatic hydroxyl groups excluding tert-OH is 4. The number of H-pyrrole nitrogens is 1. The Bertz CT molecular complexity index is 2160. The maximum atomic E-state index is 12.5. The molecule has 2 aliphatic heterocycles. The molecule has 280 valence electrons. The van der Waals surface area contributed by atoms with Gasteiger partial charge < -0.3 is 56.0 Å². The fraction of sp³-hybridized carbons (Fsp3) is 0.524. The van der Waals surface area contributed by atoms with E-state index in [1.165, 1.54) is 28.8 Å². The molecule has 4 aromatic rings. The van der Waals surface area contributed by atoms with Crippen LogP contribution < -0.4 is 21.6 Å². The molecule has 27 nitrogen and oxygen atoms in total. The Labute approximate surface area is 282 Å². The number of phosphoric acid groups is 3. The largest absolute Gasteiger partial charge is 0.490 e. The lowest BCUT2D eigenvalue weighted by Gasteiger charge is -2.21. The topological polar surface area (TPSA) is 398 Å². The second-order valence-corrected chi connectivity index (χ2v) is 15.7. The van der Waals surface area contributed by atoms with Crippen molar-refractivity contribution in [3.63, 3.8) is 0 Å². The minimum Gasteiger partial charge on any atom is -0.387 e. The molecule has 6 rings (SSSR count). The highest BCUT2D eigenvalue weighted by Gasteiger charge is 2.50. The fourth-order valence-electron chi connectivity index (χ4n) is 5.36. The lowest BCUT2D eigenvalue weighted by molar-refractivity contribution is -0.745. The first-order valence-electron chi connectivity index (χ1n) is 14.2. The quantitative estimate of drug-likeness (QED) is 0.0485. The third kappa shape index (κ3) is 7.47. The van der Waals surface area contributed by atoms with Crippen LogP contribution in [0.1, 0.15) is 12.5 Å². The molecule has 5 unspecified atom stereocenters. The minimum atomic E-state index is -5.97. The number of anilines is 2. The van der Waals surface area contributed by atoms with Gasteiger partial charge in [-0.05, 0) is 0 Å². The number of hydrogen-bond donors (Lipinski definition) is 10. The average Bonchev–Trinajstić information content (AvgIpc) is 3.74.